The monoisotopic (exact) mass is 187 g/mol. The molecular formula is C12H13NO. The van der Waals surface area contributed by atoms with Gasteiger partial charge < -0.3 is 4.74 Å². The van der Waals surface area contributed by atoms with E-state index in [1.54, 1.807) is 13.3 Å². The first-order chi connectivity index (χ1) is 6.86. The average Bonchev–Trinajstić information content (AvgIpc) is 2.27. The first kappa shape index (κ1) is 9.00. The number of pyridine rings is 1. The first-order valence-electron chi connectivity index (χ1n) is 4.77. The number of hydrogen-bond acceptors (Lipinski definition) is 2. The lowest BCUT2D eigenvalue weighted by Crippen LogP contribution is -1.90. The van der Waals surface area contributed by atoms with Gasteiger partial charge in [0.2, 0.25) is 0 Å². The van der Waals surface area contributed by atoms with Gasteiger partial charge in [-0.2, -0.15) is 0 Å². The number of aryl methyl sites for hydroxylation is 1. The number of methoxy groups -OCH3 is 1. The Morgan fingerprint density at radius 2 is 2.14 bits per heavy atom. The summed E-state index contributed by atoms with van der Waals surface area (Å²) in [4.78, 5) is 4.34. The Morgan fingerprint density at radius 3 is 2.86 bits per heavy atom. The molecule has 72 valence electrons. The average molecular weight is 187 g/mol. The summed E-state index contributed by atoms with van der Waals surface area (Å²) in [5.74, 6) is 0.845. The molecule has 2 nitrogen and oxygen atoms in total. The van der Waals surface area contributed by atoms with E-state index in [2.05, 4.69) is 24.0 Å². The fourth-order valence-electron chi connectivity index (χ4n) is 1.68. The lowest BCUT2D eigenvalue weighted by molar-refractivity contribution is 0.419. The fourth-order valence-corrected chi connectivity index (χ4v) is 1.68. The number of hydrogen-bond donors (Lipinski definition) is 0. The van der Waals surface area contributed by atoms with Crippen LogP contribution in [0.25, 0.3) is 10.9 Å². The zero-order valence-corrected chi connectivity index (χ0v) is 8.45. The zero-order chi connectivity index (χ0) is 9.97. The van der Waals surface area contributed by atoms with Gasteiger partial charge in [-0.1, -0.05) is 19.1 Å². The molecule has 2 rings (SSSR count). The van der Waals surface area contributed by atoms with Gasteiger partial charge in [0.25, 0.3) is 0 Å². The lowest BCUT2D eigenvalue weighted by atomic mass is 10.1. The molecule has 0 aliphatic carbocycles. The summed E-state index contributed by atoms with van der Waals surface area (Å²) in [5.41, 5.74) is 2.27. The predicted molar refractivity (Wildman–Crippen MR) is 57.7 cm³/mol. The van der Waals surface area contributed by atoms with E-state index in [1.165, 1.54) is 10.9 Å². The van der Waals surface area contributed by atoms with E-state index in [9.17, 15) is 0 Å². The molecular weight excluding hydrogens is 174 g/mol. The summed E-state index contributed by atoms with van der Waals surface area (Å²) >= 11 is 0. The van der Waals surface area contributed by atoms with E-state index in [-0.39, 0.29) is 0 Å². The van der Waals surface area contributed by atoms with E-state index >= 15 is 0 Å². The molecule has 0 atom stereocenters. The van der Waals surface area contributed by atoms with Crippen molar-refractivity contribution in [3.63, 3.8) is 0 Å². The van der Waals surface area contributed by atoms with Gasteiger partial charge in [0, 0.05) is 11.6 Å². The molecule has 0 aliphatic heterocycles. The number of nitrogens with zero attached hydrogens (tertiary/aromatic N) is 1. The minimum Gasteiger partial charge on any atom is -0.494 e. The molecule has 0 radical (unpaired) electrons. The second kappa shape index (κ2) is 3.66. The maximum Gasteiger partial charge on any atom is 0.145 e. The molecule has 0 N–H and O–H groups in total. The van der Waals surface area contributed by atoms with E-state index in [0.717, 1.165) is 17.7 Å². The third kappa shape index (κ3) is 1.33. The van der Waals surface area contributed by atoms with Gasteiger partial charge in [0.1, 0.15) is 11.3 Å². The summed E-state index contributed by atoms with van der Waals surface area (Å²) in [6.07, 6.45) is 2.82. The Kier molecular flexibility index (Phi) is 2.35. The van der Waals surface area contributed by atoms with Crippen LogP contribution < -0.4 is 4.74 Å². The van der Waals surface area contributed by atoms with Crippen LogP contribution in [0.5, 0.6) is 5.75 Å². The maximum atomic E-state index is 5.26. The van der Waals surface area contributed by atoms with Crippen molar-refractivity contribution in [2.45, 2.75) is 13.3 Å². The van der Waals surface area contributed by atoms with E-state index in [4.69, 9.17) is 4.74 Å². The largest absolute Gasteiger partial charge is 0.494 e. The van der Waals surface area contributed by atoms with Crippen LogP contribution in [0, 0.1) is 0 Å². The molecule has 2 heteroatoms. The number of fused-ring (bicyclic) bond motifs is 1. The van der Waals surface area contributed by atoms with Crippen molar-refractivity contribution >= 4 is 10.9 Å². The third-order valence-electron chi connectivity index (χ3n) is 2.42. The zero-order valence-electron chi connectivity index (χ0n) is 8.45. The normalized spacial score (nSPS) is 10.4. The Balaban J connectivity index is 2.78. The molecule has 0 bridgehead atoms. The Bertz CT molecular complexity index is 409. The molecule has 2 aromatic rings. The summed E-state index contributed by atoms with van der Waals surface area (Å²) in [7, 11) is 1.68. The van der Waals surface area contributed by atoms with Crippen LogP contribution in [0.4, 0.5) is 0 Å². The molecule has 0 aliphatic rings. The van der Waals surface area contributed by atoms with Crippen LogP contribution >= 0.6 is 0 Å². The summed E-state index contributed by atoms with van der Waals surface area (Å²) in [6, 6.07) is 8.13. The van der Waals surface area contributed by atoms with Gasteiger partial charge in [-0.15, -0.1) is 0 Å². The summed E-state index contributed by atoms with van der Waals surface area (Å²) in [5, 5.41) is 1.19. The lowest BCUT2D eigenvalue weighted by Gasteiger charge is -2.07. The second-order valence-corrected chi connectivity index (χ2v) is 3.18. The van der Waals surface area contributed by atoms with E-state index in [1.807, 2.05) is 12.1 Å². The molecule has 0 unspecified atom stereocenters. The van der Waals surface area contributed by atoms with E-state index in [0.29, 0.717) is 0 Å². The van der Waals surface area contributed by atoms with E-state index < -0.39 is 0 Å². The first-order valence-corrected chi connectivity index (χ1v) is 4.77. The third-order valence-corrected chi connectivity index (χ3v) is 2.42. The Labute approximate surface area is 83.5 Å². The van der Waals surface area contributed by atoms with Crippen LogP contribution in [0.1, 0.15) is 12.5 Å². The molecule has 1 aromatic heterocycles. The van der Waals surface area contributed by atoms with Gasteiger partial charge in [-0.05, 0) is 24.1 Å². The number of rotatable bonds is 2. The summed E-state index contributed by atoms with van der Waals surface area (Å²) < 4.78 is 5.26. The van der Waals surface area contributed by atoms with Crippen molar-refractivity contribution in [2.75, 3.05) is 7.11 Å². The van der Waals surface area contributed by atoms with Crippen molar-refractivity contribution in [1.29, 1.82) is 0 Å². The van der Waals surface area contributed by atoms with Crippen LogP contribution in [0.15, 0.2) is 30.5 Å². The van der Waals surface area contributed by atoms with Crippen molar-refractivity contribution in [1.82, 2.24) is 4.98 Å². The highest BCUT2D eigenvalue weighted by Gasteiger charge is 2.04. The molecule has 0 saturated heterocycles. The van der Waals surface area contributed by atoms with Crippen molar-refractivity contribution in [3.8, 4) is 5.75 Å². The van der Waals surface area contributed by atoms with Gasteiger partial charge in [0.15, 0.2) is 0 Å². The molecule has 14 heavy (non-hydrogen) atoms. The van der Waals surface area contributed by atoms with Crippen molar-refractivity contribution in [2.24, 2.45) is 0 Å². The van der Waals surface area contributed by atoms with Gasteiger partial charge >= 0.3 is 0 Å². The second-order valence-electron chi connectivity index (χ2n) is 3.18. The highest BCUT2D eigenvalue weighted by molar-refractivity contribution is 5.87. The van der Waals surface area contributed by atoms with Crippen LogP contribution in [-0.4, -0.2) is 12.1 Å². The smallest absolute Gasteiger partial charge is 0.145 e. The van der Waals surface area contributed by atoms with Crippen molar-refractivity contribution in [3.05, 3.63) is 36.0 Å². The fraction of sp³-hybridized carbons (Fsp3) is 0.250. The highest BCUT2D eigenvalue weighted by Crippen LogP contribution is 2.26. The maximum absolute atomic E-state index is 5.26. The quantitative estimate of drug-likeness (QED) is 0.721. The molecule has 0 amide bonds. The Morgan fingerprint density at radius 1 is 1.29 bits per heavy atom. The SMILES string of the molecule is CCc1ccc(OC)c2ncccc12. The molecule has 0 fully saturated rings. The van der Waals surface area contributed by atoms with Crippen LogP contribution in [0.2, 0.25) is 0 Å². The molecule has 1 aromatic carbocycles. The Hall–Kier alpha value is -1.57. The molecule has 1 heterocycles. The minimum absolute atomic E-state index is 0.845. The van der Waals surface area contributed by atoms with Gasteiger partial charge in [-0.3, -0.25) is 4.98 Å². The van der Waals surface area contributed by atoms with Crippen LogP contribution in [-0.2, 0) is 6.42 Å². The minimum atomic E-state index is 0.845. The number of aromatic nitrogens is 1. The van der Waals surface area contributed by atoms with Crippen LogP contribution in [0.3, 0.4) is 0 Å². The topological polar surface area (TPSA) is 22.1 Å². The van der Waals surface area contributed by atoms with Gasteiger partial charge in [-0.25, -0.2) is 0 Å². The number of benzene rings is 1. The van der Waals surface area contributed by atoms with Gasteiger partial charge in [0.05, 0.1) is 7.11 Å². The highest BCUT2D eigenvalue weighted by atomic mass is 16.5. The molecule has 0 spiro atoms. The standard InChI is InChI=1S/C12H13NO/c1-3-9-6-7-11(14-2)12-10(9)5-4-8-13-12/h4-8H,3H2,1-2H3. The molecule has 0 saturated carbocycles. The summed E-state index contributed by atoms with van der Waals surface area (Å²) in [6.45, 7) is 2.15. The number of ether oxygens (including phenoxy) is 1. The van der Waals surface area contributed by atoms with Crippen molar-refractivity contribution < 1.29 is 4.74 Å². The predicted octanol–water partition coefficient (Wildman–Crippen LogP) is 2.81.